The lowest BCUT2D eigenvalue weighted by Gasteiger charge is -2.05. The van der Waals surface area contributed by atoms with Gasteiger partial charge in [0.05, 0.1) is 12.8 Å². The average Bonchev–Trinajstić information content (AvgIpc) is 3.06. The highest BCUT2D eigenvalue weighted by molar-refractivity contribution is 7.14. The molecule has 0 bridgehead atoms. The molecule has 0 fully saturated rings. The second-order valence-electron chi connectivity index (χ2n) is 5.52. The highest BCUT2D eigenvalue weighted by atomic mass is 32.1. The Labute approximate surface area is 145 Å². The number of rotatable bonds is 4. The number of carbonyl (C=O) groups is 1. The summed E-state index contributed by atoms with van der Waals surface area (Å²) in [7, 11) is 1.63. The van der Waals surface area contributed by atoms with Crippen molar-refractivity contribution in [2.45, 2.75) is 13.8 Å². The number of nitrogens with one attached hydrogen (secondary N) is 1. The van der Waals surface area contributed by atoms with E-state index in [1.54, 1.807) is 7.11 Å². The lowest BCUT2D eigenvalue weighted by atomic mass is 10.1. The van der Waals surface area contributed by atoms with Crippen molar-refractivity contribution in [3.63, 3.8) is 0 Å². The van der Waals surface area contributed by atoms with E-state index in [9.17, 15) is 4.79 Å². The van der Waals surface area contributed by atoms with Crippen LogP contribution < -0.4 is 10.1 Å². The maximum Gasteiger partial charge on any atom is 0.257 e. The predicted molar refractivity (Wildman–Crippen MR) is 98.0 cm³/mol. The third kappa shape index (κ3) is 3.46. The summed E-state index contributed by atoms with van der Waals surface area (Å²) in [5.74, 6) is 0.630. The maximum atomic E-state index is 12.4. The fraction of sp³-hybridized carbons (Fsp3) is 0.158. The number of benzene rings is 2. The van der Waals surface area contributed by atoms with E-state index in [4.69, 9.17) is 4.74 Å². The Morgan fingerprint density at radius 1 is 1.12 bits per heavy atom. The number of nitrogens with zero attached hydrogens (tertiary/aromatic N) is 1. The minimum absolute atomic E-state index is 0.148. The van der Waals surface area contributed by atoms with E-state index >= 15 is 0 Å². The quantitative estimate of drug-likeness (QED) is 0.751. The van der Waals surface area contributed by atoms with Crippen LogP contribution in [0.15, 0.2) is 47.8 Å². The number of hydrogen-bond donors (Lipinski definition) is 1. The lowest BCUT2D eigenvalue weighted by Crippen LogP contribution is -2.12. The summed E-state index contributed by atoms with van der Waals surface area (Å²) in [6.45, 7) is 4.02. The van der Waals surface area contributed by atoms with Crippen molar-refractivity contribution in [1.29, 1.82) is 0 Å². The minimum Gasteiger partial charge on any atom is -0.497 e. The van der Waals surface area contributed by atoms with Gasteiger partial charge in [-0.2, -0.15) is 0 Å². The molecule has 1 amide bonds. The molecule has 0 saturated carbocycles. The van der Waals surface area contributed by atoms with Gasteiger partial charge in [0.2, 0.25) is 0 Å². The molecule has 3 aromatic rings. The van der Waals surface area contributed by atoms with E-state index < -0.39 is 0 Å². The number of aromatic nitrogens is 1. The highest BCUT2D eigenvalue weighted by Gasteiger charge is 2.11. The number of methoxy groups -OCH3 is 1. The number of hydrogen-bond acceptors (Lipinski definition) is 4. The van der Waals surface area contributed by atoms with E-state index in [0.717, 1.165) is 22.6 Å². The summed E-state index contributed by atoms with van der Waals surface area (Å²) in [5.41, 5.74) is 4.67. The number of aryl methyl sites for hydroxylation is 2. The average molecular weight is 338 g/mol. The summed E-state index contributed by atoms with van der Waals surface area (Å²) >= 11 is 1.40. The standard InChI is InChI=1S/C19H18N2O2S/c1-12-7-8-15(9-13(12)2)18(22)21-19-20-17(11-24-19)14-5-4-6-16(10-14)23-3/h4-11H,1-3H3,(H,20,21,22). The molecule has 3 rings (SSSR count). The van der Waals surface area contributed by atoms with Crippen molar-refractivity contribution >= 4 is 22.4 Å². The van der Waals surface area contributed by atoms with Crippen LogP contribution in [0.5, 0.6) is 5.75 Å². The molecule has 0 atom stereocenters. The molecule has 0 unspecified atom stereocenters. The topological polar surface area (TPSA) is 51.2 Å². The molecule has 0 aliphatic rings. The molecule has 1 heterocycles. The van der Waals surface area contributed by atoms with E-state index in [1.807, 2.05) is 61.7 Å². The second-order valence-corrected chi connectivity index (χ2v) is 6.38. The number of carbonyl (C=O) groups excluding carboxylic acids is 1. The summed E-state index contributed by atoms with van der Waals surface area (Å²) in [5, 5.41) is 5.36. The summed E-state index contributed by atoms with van der Waals surface area (Å²) in [4.78, 5) is 16.9. The smallest absolute Gasteiger partial charge is 0.257 e. The van der Waals surface area contributed by atoms with Crippen LogP contribution in [-0.2, 0) is 0 Å². The van der Waals surface area contributed by atoms with Crippen molar-refractivity contribution in [1.82, 2.24) is 4.98 Å². The van der Waals surface area contributed by atoms with Crippen LogP contribution in [0.4, 0.5) is 5.13 Å². The monoisotopic (exact) mass is 338 g/mol. The van der Waals surface area contributed by atoms with Crippen molar-refractivity contribution in [3.05, 3.63) is 64.5 Å². The van der Waals surface area contributed by atoms with Crippen LogP contribution in [0.25, 0.3) is 11.3 Å². The molecular formula is C19H18N2O2S. The number of amides is 1. The minimum atomic E-state index is -0.148. The summed E-state index contributed by atoms with van der Waals surface area (Å²) in [6, 6.07) is 13.4. The van der Waals surface area contributed by atoms with Crippen LogP contribution in [0, 0.1) is 13.8 Å². The molecule has 4 nitrogen and oxygen atoms in total. The molecule has 2 aromatic carbocycles. The van der Waals surface area contributed by atoms with E-state index in [0.29, 0.717) is 10.7 Å². The normalized spacial score (nSPS) is 10.5. The SMILES string of the molecule is COc1cccc(-c2csc(NC(=O)c3ccc(C)c(C)c3)n2)c1. The molecule has 1 aromatic heterocycles. The van der Waals surface area contributed by atoms with Gasteiger partial charge in [0, 0.05) is 16.5 Å². The number of ether oxygens (including phenoxy) is 1. The van der Waals surface area contributed by atoms with Gasteiger partial charge < -0.3 is 4.74 Å². The third-order valence-corrected chi connectivity index (χ3v) is 4.62. The molecule has 0 spiro atoms. The number of anilines is 1. The Balaban J connectivity index is 1.78. The third-order valence-electron chi connectivity index (χ3n) is 3.86. The van der Waals surface area contributed by atoms with Gasteiger partial charge in [-0.3, -0.25) is 10.1 Å². The van der Waals surface area contributed by atoms with Crippen LogP contribution >= 0.6 is 11.3 Å². The molecule has 0 saturated heterocycles. The first-order chi connectivity index (χ1) is 11.6. The van der Waals surface area contributed by atoms with Crippen molar-refractivity contribution in [2.75, 3.05) is 12.4 Å². The summed E-state index contributed by atoms with van der Waals surface area (Å²) in [6.07, 6.45) is 0. The van der Waals surface area contributed by atoms with Gasteiger partial charge in [-0.1, -0.05) is 18.2 Å². The Morgan fingerprint density at radius 3 is 2.71 bits per heavy atom. The molecule has 122 valence electrons. The Bertz CT molecular complexity index is 887. The van der Waals surface area contributed by atoms with Crippen LogP contribution in [0.1, 0.15) is 21.5 Å². The Hall–Kier alpha value is -2.66. The fourth-order valence-corrected chi connectivity index (χ4v) is 3.01. The van der Waals surface area contributed by atoms with Gasteiger partial charge in [0.25, 0.3) is 5.91 Å². The second kappa shape index (κ2) is 6.84. The van der Waals surface area contributed by atoms with Gasteiger partial charge in [-0.15, -0.1) is 11.3 Å². The van der Waals surface area contributed by atoms with Crippen molar-refractivity contribution < 1.29 is 9.53 Å². The van der Waals surface area contributed by atoms with E-state index in [-0.39, 0.29) is 5.91 Å². The Morgan fingerprint density at radius 2 is 1.96 bits per heavy atom. The Kier molecular flexibility index (Phi) is 4.62. The first-order valence-electron chi connectivity index (χ1n) is 7.55. The lowest BCUT2D eigenvalue weighted by molar-refractivity contribution is 0.102. The first-order valence-corrected chi connectivity index (χ1v) is 8.43. The predicted octanol–water partition coefficient (Wildman–Crippen LogP) is 4.69. The molecule has 0 aliphatic heterocycles. The van der Waals surface area contributed by atoms with Gasteiger partial charge in [-0.05, 0) is 49.2 Å². The molecule has 24 heavy (non-hydrogen) atoms. The van der Waals surface area contributed by atoms with Crippen molar-refractivity contribution in [2.24, 2.45) is 0 Å². The molecule has 0 aliphatic carbocycles. The highest BCUT2D eigenvalue weighted by Crippen LogP contribution is 2.27. The molecule has 0 radical (unpaired) electrons. The summed E-state index contributed by atoms with van der Waals surface area (Å²) < 4.78 is 5.23. The maximum absolute atomic E-state index is 12.4. The zero-order valence-electron chi connectivity index (χ0n) is 13.8. The van der Waals surface area contributed by atoms with Crippen molar-refractivity contribution in [3.8, 4) is 17.0 Å². The molecule has 5 heteroatoms. The molecule has 1 N–H and O–H groups in total. The van der Waals surface area contributed by atoms with Gasteiger partial charge in [0.15, 0.2) is 5.13 Å². The van der Waals surface area contributed by atoms with Gasteiger partial charge >= 0.3 is 0 Å². The fourth-order valence-electron chi connectivity index (χ4n) is 2.30. The van der Waals surface area contributed by atoms with Gasteiger partial charge in [-0.25, -0.2) is 4.98 Å². The number of thiazole rings is 1. The largest absolute Gasteiger partial charge is 0.497 e. The van der Waals surface area contributed by atoms with E-state index in [2.05, 4.69) is 10.3 Å². The first kappa shape index (κ1) is 16.2. The molecular weight excluding hydrogens is 320 g/mol. The van der Waals surface area contributed by atoms with E-state index in [1.165, 1.54) is 16.9 Å². The zero-order chi connectivity index (χ0) is 17.1. The van der Waals surface area contributed by atoms with Crippen LogP contribution in [0.2, 0.25) is 0 Å². The zero-order valence-corrected chi connectivity index (χ0v) is 14.6. The van der Waals surface area contributed by atoms with Crippen LogP contribution in [0.3, 0.4) is 0 Å². The van der Waals surface area contributed by atoms with Gasteiger partial charge in [0.1, 0.15) is 5.75 Å². The van der Waals surface area contributed by atoms with Crippen LogP contribution in [-0.4, -0.2) is 18.0 Å².